The molecule has 5 heteroatoms. The zero-order valence-electron chi connectivity index (χ0n) is 18.8. The highest BCUT2D eigenvalue weighted by Crippen LogP contribution is 2.35. The number of furan rings is 1. The van der Waals surface area contributed by atoms with Crippen LogP contribution in [0.5, 0.6) is 0 Å². The molecule has 0 spiro atoms. The minimum Gasteiger partial charge on any atom is -0.472 e. The fourth-order valence-corrected chi connectivity index (χ4v) is 4.76. The van der Waals surface area contributed by atoms with E-state index in [9.17, 15) is 9.18 Å². The molecule has 4 rings (SSSR count). The van der Waals surface area contributed by atoms with Crippen LogP contribution in [0, 0.1) is 17.7 Å². The third kappa shape index (κ3) is 5.46. The quantitative estimate of drug-likeness (QED) is 0.474. The molecule has 1 fully saturated rings. The van der Waals surface area contributed by atoms with E-state index >= 15 is 0 Å². The van der Waals surface area contributed by atoms with E-state index in [2.05, 4.69) is 18.7 Å². The predicted octanol–water partition coefficient (Wildman–Crippen LogP) is 5.43. The topological polar surface area (TPSA) is 36.7 Å². The van der Waals surface area contributed by atoms with Crippen molar-refractivity contribution in [1.82, 2.24) is 9.80 Å². The highest BCUT2D eigenvalue weighted by Gasteiger charge is 2.36. The van der Waals surface area contributed by atoms with Crippen LogP contribution < -0.4 is 0 Å². The lowest BCUT2D eigenvalue weighted by atomic mass is 9.88. The standard InChI is InChI=1S/C27H31FN2O2/c1-20(2)14-30(27(31)22-7-4-3-5-8-22)17-24-16-29(15-21-11-12-32-19-21)18-26(24)23-9-6-10-25(28)13-23/h3-13,19-20,24,26H,14-18H2,1-2H3. The molecule has 2 heterocycles. The van der Waals surface area contributed by atoms with Gasteiger partial charge >= 0.3 is 0 Å². The van der Waals surface area contributed by atoms with Crippen molar-refractivity contribution in [3.05, 3.63) is 95.7 Å². The zero-order chi connectivity index (χ0) is 22.5. The maximum absolute atomic E-state index is 14.0. The van der Waals surface area contributed by atoms with Gasteiger partial charge in [-0.15, -0.1) is 0 Å². The fourth-order valence-electron chi connectivity index (χ4n) is 4.76. The van der Waals surface area contributed by atoms with Crippen molar-refractivity contribution in [3.8, 4) is 0 Å². The van der Waals surface area contributed by atoms with Crippen molar-refractivity contribution in [2.45, 2.75) is 26.3 Å². The van der Waals surface area contributed by atoms with E-state index in [0.717, 1.165) is 30.8 Å². The summed E-state index contributed by atoms with van der Waals surface area (Å²) in [6.45, 7) is 8.08. The van der Waals surface area contributed by atoms with Crippen LogP contribution in [0.25, 0.3) is 0 Å². The summed E-state index contributed by atoms with van der Waals surface area (Å²) < 4.78 is 19.3. The number of likely N-dealkylation sites (tertiary alicyclic amines) is 1. The summed E-state index contributed by atoms with van der Waals surface area (Å²) in [5.74, 6) is 0.587. The van der Waals surface area contributed by atoms with E-state index < -0.39 is 0 Å². The molecular weight excluding hydrogens is 403 g/mol. The Morgan fingerprint density at radius 2 is 1.94 bits per heavy atom. The van der Waals surface area contributed by atoms with E-state index in [0.29, 0.717) is 24.6 Å². The van der Waals surface area contributed by atoms with Crippen LogP contribution in [0.2, 0.25) is 0 Å². The van der Waals surface area contributed by atoms with Gasteiger partial charge in [0.05, 0.1) is 12.5 Å². The molecule has 0 saturated carbocycles. The number of carbonyl (C=O) groups is 1. The molecule has 0 bridgehead atoms. The van der Waals surface area contributed by atoms with Crippen molar-refractivity contribution in [1.29, 1.82) is 0 Å². The molecule has 1 aliphatic rings. The number of nitrogens with zero attached hydrogens (tertiary/aromatic N) is 2. The number of hydrogen-bond acceptors (Lipinski definition) is 3. The van der Waals surface area contributed by atoms with Crippen molar-refractivity contribution in [2.24, 2.45) is 11.8 Å². The second-order valence-corrected chi connectivity index (χ2v) is 9.22. The number of amides is 1. The van der Waals surface area contributed by atoms with E-state index in [1.165, 1.54) is 6.07 Å². The van der Waals surface area contributed by atoms with Gasteiger partial charge in [0, 0.05) is 49.8 Å². The first-order chi connectivity index (χ1) is 15.5. The SMILES string of the molecule is CC(C)CN(CC1CN(Cc2ccoc2)CC1c1cccc(F)c1)C(=O)c1ccccc1. The number of hydrogen-bond donors (Lipinski definition) is 0. The van der Waals surface area contributed by atoms with Crippen LogP contribution >= 0.6 is 0 Å². The lowest BCUT2D eigenvalue weighted by molar-refractivity contribution is 0.0703. The molecule has 168 valence electrons. The Balaban J connectivity index is 1.58. The van der Waals surface area contributed by atoms with Gasteiger partial charge in [-0.3, -0.25) is 9.69 Å². The highest BCUT2D eigenvalue weighted by atomic mass is 19.1. The summed E-state index contributed by atoms with van der Waals surface area (Å²) in [6.07, 6.45) is 3.46. The van der Waals surface area contributed by atoms with Crippen LogP contribution in [-0.2, 0) is 6.54 Å². The zero-order valence-corrected chi connectivity index (χ0v) is 18.8. The number of carbonyl (C=O) groups excluding carboxylic acids is 1. The van der Waals surface area contributed by atoms with Crippen LogP contribution in [0.3, 0.4) is 0 Å². The van der Waals surface area contributed by atoms with E-state index in [1.54, 1.807) is 24.7 Å². The average molecular weight is 435 g/mol. The first kappa shape index (κ1) is 22.3. The van der Waals surface area contributed by atoms with Gasteiger partial charge < -0.3 is 9.32 Å². The second kappa shape index (κ2) is 10.1. The van der Waals surface area contributed by atoms with Crippen molar-refractivity contribution in [2.75, 3.05) is 26.2 Å². The minimum atomic E-state index is -0.214. The maximum atomic E-state index is 14.0. The Hall–Kier alpha value is -2.92. The van der Waals surface area contributed by atoms with E-state index in [1.807, 2.05) is 47.4 Å². The maximum Gasteiger partial charge on any atom is 0.253 e. The first-order valence-electron chi connectivity index (χ1n) is 11.3. The van der Waals surface area contributed by atoms with Gasteiger partial charge in [0.25, 0.3) is 5.91 Å². The van der Waals surface area contributed by atoms with Gasteiger partial charge in [0.2, 0.25) is 0 Å². The number of rotatable bonds is 8. The van der Waals surface area contributed by atoms with Gasteiger partial charge in [0.15, 0.2) is 0 Å². The van der Waals surface area contributed by atoms with Crippen molar-refractivity contribution < 1.29 is 13.6 Å². The molecule has 32 heavy (non-hydrogen) atoms. The van der Waals surface area contributed by atoms with Crippen LogP contribution in [0.4, 0.5) is 4.39 Å². The molecule has 4 nitrogen and oxygen atoms in total. The van der Waals surface area contributed by atoms with Crippen LogP contribution in [-0.4, -0.2) is 41.9 Å². The summed E-state index contributed by atoms with van der Waals surface area (Å²) >= 11 is 0. The molecule has 1 aromatic heterocycles. The summed E-state index contributed by atoms with van der Waals surface area (Å²) in [6, 6.07) is 18.4. The monoisotopic (exact) mass is 434 g/mol. The fraction of sp³-hybridized carbons (Fsp3) is 0.370. The van der Waals surface area contributed by atoms with Gasteiger partial charge in [0.1, 0.15) is 5.82 Å². The molecule has 1 amide bonds. The summed E-state index contributed by atoms with van der Waals surface area (Å²) in [5, 5.41) is 0. The van der Waals surface area contributed by atoms with Gasteiger partial charge in [-0.2, -0.15) is 0 Å². The molecular formula is C27H31FN2O2. The highest BCUT2D eigenvalue weighted by molar-refractivity contribution is 5.94. The van der Waals surface area contributed by atoms with Gasteiger partial charge in [-0.05, 0) is 47.7 Å². The molecule has 0 aliphatic carbocycles. The normalized spacial score (nSPS) is 18.9. The summed E-state index contributed by atoms with van der Waals surface area (Å²) in [7, 11) is 0. The molecule has 0 N–H and O–H groups in total. The third-order valence-corrected chi connectivity index (χ3v) is 6.13. The minimum absolute atomic E-state index is 0.0607. The van der Waals surface area contributed by atoms with Crippen LogP contribution in [0.15, 0.2) is 77.6 Å². The summed E-state index contributed by atoms with van der Waals surface area (Å²) in [5.41, 5.74) is 2.84. The average Bonchev–Trinajstić information content (AvgIpc) is 3.43. The molecule has 2 atom stereocenters. The summed E-state index contributed by atoms with van der Waals surface area (Å²) in [4.78, 5) is 17.7. The molecule has 2 aromatic carbocycles. The molecule has 1 saturated heterocycles. The lowest BCUT2D eigenvalue weighted by Gasteiger charge is -2.30. The third-order valence-electron chi connectivity index (χ3n) is 6.13. The second-order valence-electron chi connectivity index (χ2n) is 9.22. The predicted molar refractivity (Wildman–Crippen MR) is 124 cm³/mol. The largest absolute Gasteiger partial charge is 0.472 e. The van der Waals surface area contributed by atoms with Crippen molar-refractivity contribution >= 4 is 5.91 Å². The Morgan fingerprint density at radius 3 is 2.62 bits per heavy atom. The van der Waals surface area contributed by atoms with Gasteiger partial charge in [-0.25, -0.2) is 4.39 Å². The van der Waals surface area contributed by atoms with E-state index in [-0.39, 0.29) is 23.6 Å². The Labute approximate surface area is 189 Å². The lowest BCUT2D eigenvalue weighted by Crippen LogP contribution is -2.39. The van der Waals surface area contributed by atoms with Crippen molar-refractivity contribution in [3.63, 3.8) is 0 Å². The Kier molecular flexibility index (Phi) is 7.05. The Morgan fingerprint density at radius 1 is 1.12 bits per heavy atom. The first-order valence-corrected chi connectivity index (χ1v) is 11.3. The number of halogens is 1. The van der Waals surface area contributed by atoms with Gasteiger partial charge in [-0.1, -0.05) is 44.2 Å². The molecule has 0 radical (unpaired) electrons. The Bertz CT molecular complexity index is 1000. The van der Waals surface area contributed by atoms with E-state index in [4.69, 9.17) is 4.42 Å². The smallest absolute Gasteiger partial charge is 0.253 e. The van der Waals surface area contributed by atoms with Crippen LogP contribution in [0.1, 0.15) is 41.3 Å². The molecule has 3 aromatic rings. The number of benzene rings is 2. The molecule has 2 unspecified atom stereocenters. The molecule has 1 aliphatic heterocycles.